The highest BCUT2D eigenvalue weighted by atomic mass is 79.9. The average Bonchev–Trinajstić information content (AvgIpc) is 3.19. The smallest absolute Gasteiger partial charge is 0.226 e. The summed E-state index contributed by atoms with van der Waals surface area (Å²) in [6, 6.07) is 5.77. The predicted octanol–water partition coefficient (Wildman–Crippen LogP) is 3.86. The second-order valence-corrected chi connectivity index (χ2v) is 7.85. The number of aromatic nitrogens is 4. The number of hydrogen-bond donors (Lipinski definition) is 1. The summed E-state index contributed by atoms with van der Waals surface area (Å²) in [7, 11) is 3.22. The second kappa shape index (κ2) is 9.34. The number of rotatable bonds is 8. The quantitative estimate of drug-likeness (QED) is 0.534. The highest BCUT2D eigenvalue weighted by Gasteiger charge is 2.16. The fraction of sp³-hybridized carbons (Fsp3) is 0.381. The highest BCUT2D eigenvalue weighted by Crippen LogP contribution is 2.28. The van der Waals surface area contributed by atoms with Crippen LogP contribution in [0.3, 0.4) is 0 Å². The zero-order valence-corrected chi connectivity index (χ0v) is 19.4. The van der Waals surface area contributed by atoms with Crippen LogP contribution in [0.4, 0.5) is 5.69 Å². The number of benzene rings is 1. The lowest BCUT2D eigenvalue weighted by Crippen LogP contribution is -2.16. The van der Waals surface area contributed by atoms with E-state index in [2.05, 4.69) is 31.4 Å². The number of nitrogens with one attached hydrogen (secondary N) is 1. The molecule has 0 atom stereocenters. The monoisotopic (exact) mass is 475 g/mol. The van der Waals surface area contributed by atoms with Crippen molar-refractivity contribution in [3.05, 3.63) is 51.5 Å². The maximum atomic E-state index is 12.5. The number of hydrogen-bond acceptors (Lipinski definition) is 5. The van der Waals surface area contributed by atoms with Gasteiger partial charge < -0.3 is 14.8 Å². The first-order valence-corrected chi connectivity index (χ1v) is 10.4. The van der Waals surface area contributed by atoms with Crippen molar-refractivity contribution >= 4 is 27.5 Å². The lowest BCUT2D eigenvalue weighted by atomic mass is 10.2. The first-order chi connectivity index (χ1) is 14.3. The average molecular weight is 476 g/mol. The van der Waals surface area contributed by atoms with Crippen LogP contribution in [0.15, 0.2) is 28.9 Å². The summed E-state index contributed by atoms with van der Waals surface area (Å²) in [6.45, 7) is 6.87. The van der Waals surface area contributed by atoms with E-state index in [1.165, 1.54) is 0 Å². The van der Waals surface area contributed by atoms with E-state index < -0.39 is 0 Å². The third-order valence-corrected chi connectivity index (χ3v) is 5.80. The van der Waals surface area contributed by atoms with Gasteiger partial charge in [-0.05, 0) is 54.4 Å². The van der Waals surface area contributed by atoms with Crippen molar-refractivity contribution in [3.8, 4) is 11.5 Å². The minimum atomic E-state index is -0.0714. The van der Waals surface area contributed by atoms with Gasteiger partial charge in [-0.1, -0.05) is 6.07 Å². The van der Waals surface area contributed by atoms with Gasteiger partial charge in [-0.15, -0.1) is 0 Å². The molecule has 0 saturated carbocycles. The number of aryl methyl sites for hydroxylation is 2. The number of amides is 1. The molecule has 30 heavy (non-hydrogen) atoms. The maximum Gasteiger partial charge on any atom is 0.226 e. The number of nitrogens with zero attached hydrogens (tertiary/aromatic N) is 4. The topological polar surface area (TPSA) is 83.2 Å². The molecule has 9 heteroatoms. The van der Waals surface area contributed by atoms with Crippen LogP contribution in [0.2, 0.25) is 0 Å². The lowest BCUT2D eigenvalue weighted by Gasteiger charge is -2.11. The van der Waals surface area contributed by atoms with Crippen molar-refractivity contribution in [2.24, 2.45) is 0 Å². The maximum absolute atomic E-state index is 12.5. The van der Waals surface area contributed by atoms with Crippen LogP contribution in [-0.4, -0.2) is 39.7 Å². The Morgan fingerprint density at radius 3 is 2.47 bits per heavy atom. The summed E-state index contributed by atoms with van der Waals surface area (Å²) < 4.78 is 15.3. The fourth-order valence-corrected chi connectivity index (χ4v) is 3.54. The summed E-state index contributed by atoms with van der Waals surface area (Å²) in [5.74, 6) is 1.28. The summed E-state index contributed by atoms with van der Waals surface area (Å²) in [4.78, 5) is 12.5. The molecule has 160 valence electrons. The van der Waals surface area contributed by atoms with Gasteiger partial charge in [0.25, 0.3) is 0 Å². The molecule has 0 saturated heterocycles. The van der Waals surface area contributed by atoms with E-state index >= 15 is 0 Å². The van der Waals surface area contributed by atoms with Crippen LogP contribution in [0.5, 0.6) is 11.5 Å². The molecule has 1 amide bonds. The Balaban J connectivity index is 1.69. The Labute approximate surface area is 184 Å². The summed E-state index contributed by atoms with van der Waals surface area (Å²) in [6.07, 6.45) is 2.06. The van der Waals surface area contributed by atoms with Gasteiger partial charge in [0, 0.05) is 12.1 Å². The third kappa shape index (κ3) is 4.67. The van der Waals surface area contributed by atoms with Gasteiger partial charge in [-0.2, -0.15) is 10.2 Å². The molecule has 1 aromatic carbocycles. The van der Waals surface area contributed by atoms with Crippen molar-refractivity contribution in [2.45, 2.75) is 40.3 Å². The van der Waals surface area contributed by atoms with Crippen LogP contribution in [0.1, 0.15) is 29.1 Å². The van der Waals surface area contributed by atoms with Crippen LogP contribution in [0.25, 0.3) is 0 Å². The van der Waals surface area contributed by atoms with Crippen molar-refractivity contribution in [1.82, 2.24) is 19.6 Å². The summed E-state index contributed by atoms with van der Waals surface area (Å²) >= 11 is 3.43. The Hall–Kier alpha value is -2.81. The lowest BCUT2D eigenvalue weighted by molar-refractivity contribution is -0.116. The molecule has 0 aliphatic heterocycles. The van der Waals surface area contributed by atoms with Gasteiger partial charge in [-0.3, -0.25) is 14.2 Å². The van der Waals surface area contributed by atoms with E-state index in [9.17, 15) is 4.79 Å². The largest absolute Gasteiger partial charge is 0.493 e. The molecule has 0 spiro atoms. The first-order valence-electron chi connectivity index (χ1n) is 9.56. The molecular weight excluding hydrogens is 450 g/mol. The number of carbonyl (C=O) groups excluding carboxylic acids is 1. The SMILES string of the molecule is COc1ccc(Cn2nc(C)c(NC(=O)CCn3ncc(Br)c3C)c2C)cc1OC. The molecule has 3 rings (SSSR count). The molecule has 1 N–H and O–H groups in total. The van der Waals surface area contributed by atoms with Gasteiger partial charge in [-0.25, -0.2) is 0 Å². The molecule has 0 unspecified atom stereocenters. The van der Waals surface area contributed by atoms with E-state index in [4.69, 9.17) is 9.47 Å². The second-order valence-electron chi connectivity index (χ2n) is 6.99. The van der Waals surface area contributed by atoms with E-state index in [0.717, 1.165) is 32.8 Å². The van der Waals surface area contributed by atoms with Crippen molar-refractivity contribution < 1.29 is 14.3 Å². The zero-order chi connectivity index (χ0) is 21.8. The van der Waals surface area contributed by atoms with Gasteiger partial charge in [0.2, 0.25) is 5.91 Å². The minimum absolute atomic E-state index is 0.0714. The molecule has 3 aromatic rings. The summed E-state index contributed by atoms with van der Waals surface area (Å²) in [5, 5.41) is 11.9. The number of ether oxygens (including phenoxy) is 2. The fourth-order valence-electron chi connectivity index (χ4n) is 3.24. The van der Waals surface area contributed by atoms with Crippen molar-refractivity contribution in [1.29, 1.82) is 0 Å². The van der Waals surface area contributed by atoms with Crippen LogP contribution >= 0.6 is 15.9 Å². The van der Waals surface area contributed by atoms with Crippen LogP contribution < -0.4 is 14.8 Å². The Morgan fingerprint density at radius 1 is 1.10 bits per heavy atom. The van der Waals surface area contributed by atoms with Gasteiger partial charge in [0.1, 0.15) is 0 Å². The summed E-state index contributed by atoms with van der Waals surface area (Å²) in [5.41, 5.74) is 4.44. The van der Waals surface area contributed by atoms with Crippen molar-refractivity contribution in [3.63, 3.8) is 0 Å². The Morgan fingerprint density at radius 2 is 1.83 bits per heavy atom. The molecule has 2 aromatic heterocycles. The highest BCUT2D eigenvalue weighted by molar-refractivity contribution is 9.10. The molecule has 2 heterocycles. The molecule has 0 aliphatic rings. The molecular formula is C21H26BrN5O3. The number of carbonyl (C=O) groups is 1. The zero-order valence-electron chi connectivity index (χ0n) is 17.8. The number of methoxy groups -OCH3 is 2. The van der Waals surface area contributed by atoms with E-state index in [-0.39, 0.29) is 5.91 Å². The standard InChI is InChI=1S/C21H26BrN5O3/c1-13-21(24-20(28)8-9-26-14(2)17(22)11-23-26)15(3)27(25-13)12-16-6-7-18(29-4)19(10-16)30-5/h6-7,10-11H,8-9,12H2,1-5H3,(H,24,28). The van der Waals surface area contributed by atoms with Gasteiger partial charge in [0.05, 0.1) is 55.1 Å². The van der Waals surface area contributed by atoms with E-state index in [1.54, 1.807) is 20.4 Å². The number of halogens is 1. The molecule has 0 bridgehead atoms. The van der Waals surface area contributed by atoms with Gasteiger partial charge in [0.15, 0.2) is 11.5 Å². The van der Waals surface area contributed by atoms with Crippen LogP contribution in [0, 0.1) is 20.8 Å². The Kier molecular flexibility index (Phi) is 6.81. The predicted molar refractivity (Wildman–Crippen MR) is 118 cm³/mol. The van der Waals surface area contributed by atoms with E-state index in [0.29, 0.717) is 31.0 Å². The minimum Gasteiger partial charge on any atom is -0.493 e. The number of anilines is 1. The molecule has 0 fully saturated rings. The molecule has 0 aliphatic carbocycles. The van der Waals surface area contributed by atoms with Gasteiger partial charge >= 0.3 is 0 Å². The normalized spacial score (nSPS) is 10.9. The van der Waals surface area contributed by atoms with Crippen molar-refractivity contribution in [2.75, 3.05) is 19.5 Å². The molecule has 0 radical (unpaired) electrons. The van der Waals surface area contributed by atoms with E-state index in [1.807, 2.05) is 48.3 Å². The third-order valence-electron chi connectivity index (χ3n) is 5.02. The van der Waals surface area contributed by atoms with Crippen LogP contribution in [-0.2, 0) is 17.9 Å². The Bertz CT molecular complexity index is 1060. The first kappa shape index (κ1) is 21.9. The molecule has 8 nitrogen and oxygen atoms in total.